The Morgan fingerprint density at radius 2 is 2.12 bits per heavy atom. The van der Waals surface area contributed by atoms with E-state index in [1.807, 2.05) is 19.2 Å². The summed E-state index contributed by atoms with van der Waals surface area (Å²) in [7, 11) is 1.98. The minimum atomic E-state index is 0.359. The Hall–Kier alpha value is -1.06. The second-order valence-corrected chi connectivity index (χ2v) is 4.41. The number of nitrogens with one attached hydrogen (secondary N) is 1. The molecule has 1 aliphatic rings. The zero-order valence-corrected chi connectivity index (χ0v) is 9.82. The Bertz CT molecular complexity index is 334. The van der Waals surface area contributed by atoms with Crippen LogP contribution in [0.2, 0.25) is 0 Å². The van der Waals surface area contributed by atoms with E-state index in [0.29, 0.717) is 11.8 Å². The fourth-order valence-electron chi connectivity index (χ4n) is 2.44. The molecule has 0 aliphatic carbocycles. The Kier molecular flexibility index (Phi) is 3.80. The van der Waals surface area contributed by atoms with E-state index in [4.69, 9.17) is 0 Å². The second-order valence-electron chi connectivity index (χ2n) is 4.41. The predicted molar refractivity (Wildman–Crippen MR) is 65.6 cm³/mol. The van der Waals surface area contributed by atoms with Crippen molar-refractivity contribution in [2.45, 2.75) is 18.9 Å². The molecule has 3 heteroatoms. The summed E-state index contributed by atoms with van der Waals surface area (Å²) in [5, 5.41) is 12.8. The lowest BCUT2D eigenvalue weighted by molar-refractivity contribution is 0.242. The summed E-state index contributed by atoms with van der Waals surface area (Å²) in [5.41, 5.74) is 1.20. The molecule has 1 aromatic carbocycles. The Morgan fingerprint density at radius 3 is 2.75 bits per heavy atom. The molecule has 1 heterocycles. The first kappa shape index (κ1) is 11.4. The average molecular weight is 220 g/mol. The van der Waals surface area contributed by atoms with E-state index in [0.717, 1.165) is 6.54 Å². The molecule has 1 saturated heterocycles. The summed E-state index contributed by atoms with van der Waals surface area (Å²) in [4.78, 5) is 2.49. The van der Waals surface area contributed by atoms with Gasteiger partial charge in [0.2, 0.25) is 0 Å². The molecule has 0 radical (unpaired) electrons. The largest absolute Gasteiger partial charge is 0.508 e. The van der Waals surface area contributed by atoms with Gasteiger partial charge in [0.1, 0.15) is 5.75 Å². The van der Waals surface area contributed by atoms with Crippen LogP contribution < -0.4 is 5.32 Å². The van der Waals surface area contributed by atoms with Crippen molar-refractivity contribution >= 4 is 0 Å². The maximum Gasteiger partial charge on any atom is 0.115 e. The van der Waals surface area contributed by atoms with Crippen molar-refractivity contribution in [3.05, 3.63) is 29.8 Å². The summed E-state index contributed by atoms with van der Waals surface area (Å²) in [5.74, 6) is 0.359. The second kappa shape index (κ2) is 5.32. The van der Waals surface area contributed by atoms with Crippen LogP contribution >= 0.6 is 0 Å². The van der Waals surface area contributed by atoms with E-state index >= 15 is 0 Å². The van der Waals surface area contributed by atoms with Crippen LogP contribution in [-0.4, -0.2) is 36.7 Å². The molecule has 1 aromatic rings. The highest BCUT2D eigenvalue weighted by Crippen LogP contribution is 2.26. The summed E-state index contributed by atoms with van der Waals surface area (Å²) in [6.07, 6.45) is 2.58. The molecule has 0 aromatic heterocycles. The van der Waals surface area contributed by atoms with Crippen LogP contribution in [0.15, 0.2) is 24.3 Å². The summed E-state index contributed by atoms with van der Waals surface area (Å²) in [6.45, 7) is 3.27. The van der Waals surface area contributed by atoms with Crippen LogP contribution in [0, 0.1) is 0 Å². The highest BCUT2D eigenvalue weighted by atomic mass is 16.3. The maximum atomic E-state index is 9.53. The average Bonchev–Trinajstić information content (AvgIpc) is 2.79. The summed E-state index contributed by atoms with van der Waals surface area (Å²) in [6, 6.07) is 8.01. The quantitative estimate of drug-likeness (QED) is 0.811. The van der Waals surface area contributed by atoms with Gasteiger partial charge in [-0.1, -0.05) is 12.1 Å². The SMILES string of the molecule is CNCC(c1cccc(O)c1)N1CCCC1. The molecule has 1 aliphatic heterocycles. The zero-order chi connectivity index (χ0) is 11.4. The van der Waals surface area contributed by atoms with Crippen molar-refractivity contribution < 1.29 is 5.11 Å². The number of likely N-dealkylation sites (N-methyl/N-ethyl adjacent to an activating group) is 1. The smallest absolute Gasteiger partial charge is 0.115 e. The number of benzene rings is 1. The van der Waals surface area contributed by atoms with Gasteiger partial charge >= 0.3 is 0 Å². The minimum absolute atomic E-state index is 0.359. The maximum absolute atomic E-state index is 9.53. The highest BCUT2D eigenvalue weighted by molar-refractivity contribution is 5.29. The van der Waals surface area contributed by atoms with Crippen molar-refractivity contribution in [2.24, 2.45) is 0 Å². The third-order valence-corrected chi connectivity index (χ3v) is 3.23. The standard InChI is InChI=1S/C13H20N2O/c1-14-10-13(15-7-2-3-8-15)11-5-4-6-12(16)9-11/h4-6,9,13-14,16H,2-3,7-8,10H2,1H3. The normalized spacial score (nSPS) is 18.8. The van der Waals surface area contributed by atoms with Gasteiger partial charge in [0.25, 0.3) is 0 Å². The Morgan fingerprint density at radius 1 is 1.38 bits per heavy atom. The van der Waals surface area contributed by atoms with Crippen LogP contribution in [0.4, 0.5) is 0 Å². The van der Waals surface area contributed by atoms with Gasteiger partial charge in [0.15, 0.2) is 0 Å². The summed E-state index contributed by atoms with van der Waals surface area (Å²) >= 11 is 0. The molecular formula is C13H20N2O. The monoisotopic (exact) mass is 220 g/mol. The molecule has 1 unspecified atom stereocenters. The van der Waals surface area contributed by atoms with Gasteiger partial charge in [0, 0.05) is 12.6 Å². The van der Waals surface area contributed by atoms with E-state index in [-0.39, 0.29) is 0 Å². The fourth-order valence-corrected chi connectivity index (χ4v) is 2.44. The van der Waals surface area contributed by atoms with Gasteiger partial charge in [0.05, 0.1) is 0 Å². The number of nitrogens with zero attached hydrogens (tertiary/aromatic N) is 1. The highest BCUT2D eigenvalue weighted by Gasteiger charge is 2.22. The third kappa shape index (κ3) is 2.54. The van der Waals surface area contributed by atoms with Gasteiger partial charge in [-0.05, 0) is 50.7 Å². The Balaban J connectivity index is 2.17. The van der Waals surface area contributed by atoms with E-state index in [9.17, 15) is 5.11 Å². The predicted octanol–water partition coefficient (Wildman–Crippen LogP) is 1.75. The first-order valence-corrected chi connectivity index (χ1v) is 5.99. The van der Waals surface area contributed by atoms with Crippen molar-refractivity contribution in [2.75, 3.05) is 26.7 Å². The van der Waals surface area contributed by atoms with Gasteiger partial charge < -0.3 is 10.4 Å². The topological polar surface area (TPSA) is 35.5 Å². The van der Waals surface area contributed by atoms with Crippen molar-refractivity contribution in [3.8, 4) is 5.75 Å². The number of phenolic OH excluding ortho intramolecular Hbond substituents is 1. The van der Waals surface area contributed by atoms with Gasteiger partial charge in [-0.3, -0.25) is 4.90 Å². The number of rotatable bonds is 4. The first-order valence-electron chi connectivity index (χ1n) is 5.99. The molecule has 1 atom stereocenters. The number of aromatic hydroxyl groups is 1. The number of likely N-dealkylation sites (tertiary alicyclic amines) is 1. The number of phenols is 1. The van der Waals surface area contributed by atoms with Gasteiger partial charge in [-0.15, -0.1) is 0 Å². The lowest BCUT2D eigenvalue weighted by Crippen LogP contribution is -2.32. The van der Waals surface area contributed by atoms with E-state index in [1.54, 1.807) is 6.07 Å². The zero-order valence-electron chi connectivity index (χ0n) is 9.82. The van der Waals surface area contributed by atoms with Gasteiger partial charge in [-0.2, -0.15) is 0 Å². The fraction of sp³-hybridized carbons (Fsp3) is 0.538. The molecule has 3 nitrogen and oxygen atoms in total. The molecule has 16 heavy (non-hydrogen) atoms. The number of hydrogen-bond acceptors (Lipinski definition) is 3. The van der Waals surface area contributed by atoms with Crippen LogP contribution in [0.5, 0.6) is 5.75 Å². The van der Waals surface area contributed by atoms with E-state index in [2.05, 4.69) is 16.3 Å². The Labute approximate surface area is 97.1 Å². The molecule has 2 N–H and O–H groups in total. The molecular weight excluding hydrogens is 200 g/mol. The molecule has 1 fully saturated rings. The molecule has 2 rings (SSSR count). The van der Waals surface area contributed by atoms with Crippen LogP contribution in [0.3, 0.4) is 0 Å². The molecule has 0 saturated carbocycles. The minimum Gasteiger partial charge on any atom is -0.508 e. The van der Waals surface area contributed by atoms with Crippen LogP contribution in [-0.2, 0) is 0 Å². The molecule has 88 valence electrons. The summed E-state index contributed by atoms with van der Waals surface area (Å²) < 4.78 is 0. The van der Waals surface area contributed by atoms with Gasteiger partial charge in [-0.25, -0.2) is 0 Å². The third-order valence-electron chi connectivity index (χ3n) is 3.23. The van der Waals surface area contributed by atoms with E-state index < -0.39 is 0 Å². The molecule has 0 amide bonds. The van der Waals surface area contributed by atoms with Crippen LogP contribution in [0.25, 0.3) is 0 Å². The first-order chi connectivity index (χ1) is 7.81. The van der Waals surface area contributed by atoms with Crippen molar-refractivity contribution in [3.63, 3.8) is 0 Å². The molecule has 0 spiro atoms. The lowest BCUT2D eigenvalue weighted by atomic mass is 10.1. The number of hydrogen-bond donors (Lipinski definition) is 2. The van der Waals surface area contributed by atoms with Crippen molar-refractivity contribution in [1.82, 2.24) is 10.2 Å². The lowest BCUT2D eigenvalue weighted by Gasteiger charge is -2.27. The van der Waals surface area contributed by atoms with E-state index in [1.165, 1.54) is 31.5 Å². The molecule has 0 bridgehead atoms. The van der Waals surface area contributed by atoms with Crippen LogP contribution in [0.1, 0.15) is 24.4 Å². The van der Waals surface area contributed by atoms with Crippen molar-refractivity contribution in [1.29, 1.82) is 0 Å².